The highest BCUT2D eigenvalue weighted by molar-refractivity contribution is 14.1. The van der Waals surface area contributed by atoms with E-state index >= 15 is 0 Å². The van der Waals surface area contributed by atoms with Crippen LogP contribution in [-0.4, -0.2) is 100 Å². The van der Waals surface area contributed by atoms with Crippen molar-refractivity contribution in [1.29, 1.82) is 0 Å². The van der Waals surface area contributed by atoms with Crippen LogP contribution >= 0.6 is 22.6 Å². The Morgan fingerprint density at radius 2 is 1.40 bits per heavy atom. The predicted molar refractivity (Wildman–Crippen MR) is 179 cm³/mol. The number of ether oxygens (including phenoxy) is 4. The van der Waals surface area contributed by atoms with E-state index in [2.05, 4.69) is 49.4 Å². The summed E-state index contributed by atoms with van der Waals surface area (Å²) in [5.41, 5.74) is 2.26. The molecule has 1 unspecified atom stereocenters. The van der Waals surface area contributed by atoms with Crippen LogP contribution in [0.15, 0.2) is 42.6 Å². The van der Waals surface area contributed by atoms with Crippen molar-refractivity contribution < 1.29 is 23.3 Å². The second-order valence-electron chi connectivity index (χ2n) is 11.6. The van der Waals surface area contributed by atoms with E-state index in [-0.39, 0.29) is 5.82 Å². The molecule has 5 rings (SSSR count). The molecular weight excluding hydrogens is 662 g/mol. The Morgan fingerprint density at radius 3 is 2.16 bits per heavy atom. The standard InChI is InChI=1S/C33H48FIN4O4/c34-27-5-3-7-29(25-27)38-15-4-8-31-32(38)10-16-39(31)33-26-30(9-13-36-33)37-14-2-1-6-28(37)11-17-40-19-21-42-23-24-43-22-20-41-18-12-35/h3,5,7,9,13,25-26,28,31-32H,1-2,4,6,8,10-12,14-24H2/t28?,31-,32-/m1/s1. The average molecular weight is 711 g/mol. The lowest BCUT2D eigenvalue weighted by atomic mass is 9.96. The number of piperidine rings is 2. The molecule has 4 heterocycles. The van der Waals surface area contributed by atoms with Crippen molar-refractivity contribution in [2.45, 2.75) is 63.1 Å². The molecule has 3 aliphatic rings. The van der Waals surface area contributed by atoms with Crippen molar-refractivity contribution in [2.75, 3.05) is 91.6 Å². The summed E-state index contributed by atoms with van der Waals surface area (Å²) in [5.74, 6) is 0.907. The van der Waals surface area contributed by atoms with Gasteiger partial charge in [0.1, 0.15) is 11.6 Å². The third-order valence-corrected chi connectivity index (χ3v) is 9.30. The van der Waals surface area contributed by atoms with Crippen LogP contribution in [0.5, 0.6) is 0 Å². The van der Waals surface area contributed by atoms with E-state index in [0.717, 1.165) is 74.5 Å². The molecule has 0 saturated carbocycles. The summed E-state index contributed by atoms with van der Waals surface area (Å²) in [6.07, 6.45) is 9.98. The van der Waals surface area contributed by atoms with Crippen LogP contribution in [-0.2, 0) is 18.9 Å². The topological polar surface area (TPSA) is 59.5 Å². The quantitative estimate of drug-likeness (QED) is 0.118. The van der Waals surface area contributed by atoms with Gasteiger partial charge in [0, 0.05) is 60.3 Å². The van der Waals surface area contributed by atoms with Gasteiger partial charge in [-0.15, -0.1) is 0 Å². The van der Waals surface area contributed by atoms with Crippen LogP contribution in [0.2, 0.25) is 0 Å². The zero-order valence-electron chi connectivity index (χ0n) is 25.4. The smallest absolute Gasteiger partial charge is 0.130 e. The van der Waals surface area contributed by atoms with Gasteiger partial charge in [-0.25, -0.2) is 9.37 Å². The number of fused-ring (bicyclic) bond motifs is 1. The highest BCUT2D eigenvalue weighted by atomic mass is 127. The van der Waals surface area contributed by atoms with Gasteiger partial charge in [-0.05, 0) is 69.2 Å². The fourth-order valence-electron chi connectivity index (χ4n) is 6.87. The molecule has 2 aromatic rings. The van der Waals surface area contributed by atoms with Crippen LogP contribution in [0.25, 0.3) is 0 Å². The Balaban J connectivity index is 1.07. The molecule has 3 aliphatic heterocycles. The predicted octanol–water partition coefficient (Wildman–Crippen LogP) is 5.72. The summed E-state index contributed by atoms with van der Waals surface area (Å²) in [4.78, 5) is 12.4. The fraction of sp³-hybridized carbons (Fsp3) is 0.667. The van der Waals surface area contributed by atoms with Crippen molar-refractivity contribution in [1.82, 2.24) is 4.98 Å². The largest absolute Gasteiger partial charge is 0.379 e. The van der Waals surface area contributed by atoms with Crippen LogP contribution in [0.4, 0.5) is 21.6 Å². The first kappa shape index (κ1) is 32.7. The maximum absolute atomic E-state index is 14.0. The molecule has 10 heteroatoms. The number of benzene rings is 1. The lowest BCUT2D eigenvalue weighted by Gasteiger charge is -2.42. The molecule has 0 bridgehead atoms. The molecule has 0 radical (unpaired) electrons. The molecule has 3 fully saturated rings. The normalized spacial score (nSPS) is 22.3. The van der Waals surface area contributed by atoms with E-state index in [9.17, 15) is 4.39 Å². The summed E-state index contributed by atoms with van der Waals surface area (Å²) in [5, 5.41) is 0. The van der Waals surface area contributed by atoms with Crippen molar-refractivity contribution in [3.63, 3.8) is 0 Å². The number of alkyl halides is 1. The molecule has 0 spiro atoms. The van der Waals surface area contributed by atoms with Crippen molar-refractivity contribution in [3.8, 4) is 0 Å². The molecule has 1 aromatic carbocycles. The summed E-state index contributed by atoms with van der Waals surface area (Å²) in [7, 11) is 0. The summed E-state index contributed by atoms with van der Waals surface area (Å²) in [6.45, 7) is 8.16. The summed E-state index contributed by atoms with van der Waals surface area (Å²) < 4.78 is 37.5. The van der Waals surface area contributed by atoms with E-state index in [0.29, 0.717) is 57.8 Å². The lowest BCUT2D eigenvalue weighted by Crippen LogP contribution is -2.50. The minimum Gasteiger partial charge on any atom is -0.379 e. The van der Waals surface area contributed by atoms with Crippen molar-refractivity contribution >= 4 is 39.8 Å². The van der Waals surface area contributed by atoms with Crippen molar-refractivity contribution in [2.24, 2.45) is 0 Å². The number of hydrogen-bond donors (Lipinski definition) is 0. The summed E-state index contributed by atoms with van der Waals surface area (Å²) in [6, 6.07) is 12.8. The maximum Gasteiger partial charge on any atom is 0.130 e. The molecule has 0 aliphatic carbocycles. The lowest BCUT2D eigenvalue weighted by molar-refractivity contribution is -0.000900. The molecule has 0 amide bonds. The first-order chi connectivity index (χ1) is 21.2. The second-order valence-corrected chi connectivity index (χ2v) is 12.7. The summed E-state index contributed by atoms with van der Waals surface area (Å²) >= 11 is 2.30. The number of pyridine rings is 1. The monoisotopic (exact) mass is 710 g/mol. The SMILES string of the molecule is Fc1cccc(N2CCC[C@@H]3[C@H]2CCN3c2cc(N3CCCCC3CCOCCOCCOCCOCCI)ccn2)c1. The highest BCUT2D eigenvalue weighted by Gasteiger charge is 2.41. The number of hydrogen-bond acceptors (Lipinski definition) is 8. The minimum absolute atomic E-state index is 0.163. The van der Waals surface area contributed by atoms with Gasteiger partial charge >= 0.3 is 0 Å². The average Bonchev–Trinajstić information content (AvgIpc) is 3.48. The molecule has 3 saturated heterocycles. The first-order valence-corrected chi connectivity index (χ1v) is 17.7. The van der Waals surface area contributed by atoms with E-state index in [1.54, 1.807) is 6.07 Å². The van der Waals surface area contributed by atoms with Crippen molar-refractivity contribution in [3.05, 3.63) is 48.4 Å². The molecule has 3 atom stereocenters. The Labute approximate surface area is 270 Å². The van der Waals surface area contributed by atoms with Crippen LogP contribution in [0, 0.1) is 5.82 Å². The number of rotatable bonds is 17. The maximum atomic E-state index is 14.0. The third-order valence-electron chi connectivity index (χ3n) is 8.86. The van der Waals surface area contributed by atoms with E-state index < -0.39 is 0 Å². The molecular formula is C33H48FIN4O4. The number of aromatic nitrogens is 1. The Bertz CT molecular complexity index is 1100. The van der Waals surface area contributed by atoms with Gasteiger partial charge in [-0.3, -0.25) is 0 Å². The zero-order valence-corrected chi connectivity index (χ0v) is 27.5. The molecule has 0 N–H and O–H groups in total. The molecule has 43 heavy (non-hydrogen) atoms. The first-order valence-electron chi connectivity index (χ1n) is 16.1. The third kappa shape index (κ3) is 9.39. The van der Waals surface area contributed by atoms with E-state index in [1.165, 1.54) is 31.0 Å². The van der Waals surface area contributed by atoms with Crippen LogP contribution < -0.4 is 14.7 Å². The Kier molecular flexibility index (Phi) is 13.4. The van der Waals surface area contributed by atoms with Gasteiger partial charge in [0.15, 0.2) is 0 Å². The van der Waals surface area contributed by atoms with Gasteiger partial charge < -0.3 is 33.6 Å². The zero-order chi connectivity index (χ0) is 29.7. The second kappa shape index (κ2) is 17.7. The molecule has 1 aromatic heterocycles. The van der Waals surface area contributed by atoms with Crippen LogP contribution in [0.3, 0.4) is 0 Å². The number of nitrogens with zero attached hydrogens (tertiary/aromatic N) is 4. The van der Waals surface area contributed by atoms with E-state index in [4.69, 9.17) is 23.9 Å². The fourth-order valence-corrected chi connectivity index (χ4v) is 7.18. The minimum atomic E-state index is -0.163. The van der Waals surface area contributed by atoms with E-state index in [1.807, 2.05) is 18.3 Å². The molecule has 238 valence electrons. The van der Waals surface area contributed by atoms with Gasteiger partial charge in [-0.1, -0.05) is 28.7 Å². The van der Waals surface area contributed by atoms with Gasteiger partial charge in [0.2, 0.25) is 0 Å². The van der Waals surface area contributed by atoms with Gasteiger partial charge in [-0.2, -0.15) is 0 Å². The Hall–Kier alpha value is -1.73. The number of anilines is 3. The number of halogens is 2. The Morgan fingerprint density at radius 1 is 0.698 bits per heavy atom. The van der Waals surface area contributed by atoms with Crippen LogP contribution in [0.1, 0.15) is 44.9 Å². The van der Waals surface area contributed by atoms with Gasteiger partial charge in [0.05, 0.1) is 58.3 Å². The molecule has 8 nitrogen and oxygen atoms in total. The highest BCUT2D eigenvalue weighted by Crippen LogP contribution is 2.37. The van der Waals surface area contributed by atoms with Gasteiger partial charge in [0.25, 0.3) is 0 Å².